The van der Waals surface area contributed by atoms with E-state index in [0.717, 1.165) is 32.1 Å². The van der Waals surface area contributed by atoms with Crippen LogP contribution in [0.25, 0.3) is 0 Å². The lowest BCUT2D eigenvalue weighted by molar-refractivity contribution is -0.870. The third-order valence-electron chi connectivity index (χ3n) is 10.4. The number of quaternary nitrogens is 1. The first-order chi connectivity index (χ1) is 26.1. The molecule has 0 radical (unpaired) electrons. The fraction of sp³-hybridized carbons (Fsp3) is 0.978. The lowest BCUT2D eigenvalue weighted by Crippen LogP contribution is -2.37. The van der Waals surface area contributed by atoms with Gasteiger partial charge in [0.2, 0.25) is 0 Å². The van der Waals surface area contributed by atoms with Gasteiger partial charge < -0.3 is 18.9 Å². The molecule has 324 valence electrons. The van der Waals surface area contributed by atoms with Gasteiger partial charge in [-0.15, -0.1) is 0 Å². The smallest absolute Gasteiger partial charge is 0.457 e. The van der Waals surface area contributed by atoms with E-state index in [0.29, 0.717) is 24.1 Å². The predicted molar refractivity (Wildman–Crippen MR) is 229 cm³/mol. The quantitative estimate of drug-likeness (QED) is 0.0284. The lowest BCUT2D eigenvalue weighted by atomic mass is 10.0. The van der Waals surface area contributed by atoms with E-state index < -0.39 is 13.9 Å². The molecule has 0 fully saturated rings. The van der Waals surface area contributed by atoms with Crippen molar-refractivity contribution in [3.05, 3.63) is 0 Å². The number of nitrogens with zero attached hydrogens (tertiary/aromatic N) is 1. The minimum absolute atomic E-state index is 0.0939. The van der Waals surface area contributed by atoms with Crippen molar-refractivity contribution < 1.29 is 37.3 Å². The second kappa shape index (κ2) is 39.3. The standard InChI is InChI=1S/C45H92NO7P/c1-6-8-10-12-14-16-18-20-21-22-23-24-25-26-27-28-30-32-34-36-38-45(47)53-44(43-52-54(48,49)51-41-39-46(3,4)5)42-50-40-37-35-33-31-29-19-17-15-13-11-9-7-2/h44H,6-43H2,1-5H3/p+1/t44-/m1/s1. The highest BCUT2D eigenvalue weighted by Gasteiger charge is 2.26. The van der Waals surface area contributed by atoms with Crippen molar-refractivity contribution in [3.63, 3.8) is 0 Å². The fourth-order valence-electron chi connectivity index (χ4n) is 6.79. The number of carbonyl (C=O) groups is 1. The number of hydrogen-bond acceptors (Lipinski definition) is 6. The normalized spacial score (nSPS) is 13.7. The molecule has 0 aromatic heterocycles. The molecule has 0 rings (SSSR count). The van der Waals surface area contributed by atoms with Crippen molar-refractivity contribution in [1.29, 1.82) is 0 Å². The monoisotopic (exact) mass is 791 g/mol. The van der Waals surface area contributed by atoms with Gasteiger partial charge in [-0.2, -0.15) is 0 Å². The van der Waals surface area contributed by atoms with Gasteiger partial charge in [0.25, 0.3) is 0 Å². The number of rotatable bonds is 44. The summed E-state index contributed by atoms with van der Waals surface area (Å²) in [4.78, 5) is 22.9. The first-order valence-corrected chi connectivity index (χ1v) is 24.8. The van der Waals surface area contributed by atoms with Crippen LogP contribution in [0.3, 0.4) is 0 Å². The molecule has 0 saturated carbocycles. The first-order valence-electron chi connectivity index (χ1n) is 23.3. The second-order valence-electron chi connectivity index (χ2n) is 17.2. The largest absolute Gasteiger partial charge is 0.472 e. The van der Waals surface area contributed by atoms with Gasteiger partial charge in [0, 0.05) is 13.0 Å². The van der Waals surface area contributed by atoms with Crippen molar-refractivity contribution in [1.82, 2.24) is 0 Å². The lowest BCUT2D eigenvalue weighted by Gasteiger charge is -2.24. The Kier molecular flexibility index (Phi) is 39.0. The van der Waals surface area contributed by atoms with E-state index in [9.17, 15) is 14.3 Å². The number of ether oxygens (including phenoxy) is 2. The molecule has 0 aliphatic rings. The van der Waals surface area contributed by atoms with Crippen molar-refractivity contribution in [2.75, 3.05) is 54.1 Å². The van der Waals surface area contributed by atoms with Gasteiger partial charge in [0.05, 0.1) is 34.4 Å². The van der Waals surface area contributed by atoms with Gasteiger partial charge in [-0.25, -0.2) is 4.57 Å². The van der Waals surface area contributed by atoms with Crippen molar-refractivity contribution in [2.45, 2.75) is 232 Å². The first kappa shape index (κ1) is 53.5. The van der Waals surface area contributed by atoms with Crippen LogP contribution in [0.1, 0.15) is 226 Å². The summed E-state index contributed by atoms with van der Waals surface area (Å²) < 4.78 is 35.0. The van der Waals surface area contributed by atoms with Gasteiger partial charge in [-0.1, -0.05) is 206 Å². The van der Waals surface area contributed by atoms with Gasteiger partial charge >= 0.3 is 13.8 Å². The molecule has 0 bridgehead atoms. The molecule has 2 atom stereocenters. The summed E-state index contributed by atoms with van der Waals surface area (Å²) in [6.07, 6.45) is 41.3. The van der Waals surface area contributed by atoms with Crippen LogP contribution in [0.2, 0.25) is 0 Å². The summed E-state index contributed by atoms with van der Waals surface area (Å²) in [5.74, 6) is -0.307. The van der Waals surface area contributed by atoms with E-state index in [1.165, 1.54) is 173 Å². The fourth-order valence-corrected chi connectivity index (χ4v) is 7.53. The number of phosphoric ester groups is 1. The molecule has 0 saturated heterocycles. The summed E-state index contributed by atoms with van der Waals surface area (Å²) >= 11 is 0. The number of unbranched alkanes of at least 4 members (excludes halogenated alkanes) is 30. The summed E-state index contributed by atoms with van der Waals surface area (Å²) in [6, 6.07) is 0. The molecule has 0 spiro atoms. The zero-order chi connectivity index (χ0) is 39.9. The van der Waals surface area contributed by atoms with E-state index >= 15 is 0 Å². The molecular formula is C45H93NO7P+. The summed E-state index contributed by atoms with van der Waals surface area (Å²) in [6.45, 7) is 5.68. The molecule has 0 aromatic carbocycles. The number of esters is 1. The average Bonchev–Trinajstić information content (AvgIpc) is 3.12. The van der Waals surface area contributed by atoms with Crippen LogP contribution in [0.5, 0.6) is 0 Å². The molecule has 1 N–H and O–H groups in total. The third-order valence-corrected chi connectivity index (χ3v) is 11.4. The average molecular weight is 791 g/mol. The topological polar surface area (TPSA) is 91.3 Å². The van der Waals surface area contributed by atoms with Crippen LogP contribution in [0, 0.1) is 0 Å². The van der Waals surface area contributed by atoms with Crippen LogP contribution in [0.4, 0.5) is 0 Å². The molecule has 9 heteroatoms. The Morgan fingerprint density at radius 3 is 1.22 bits per heavy atom. The Hall–Kier alpha value is -0.500. The molecular weight excluding hydrogens is 697 g/mol. The number of phosphoric acid groups is 1. The number of likely N-dealkylation sites (N-methyl/N-ethyl adjacent to an activating group) is 1. The Labute approximate surface area is 336 Å². The molecule has 0 aliphatic heterocycles. The number of carbonyl (C=O) groups excluding carboxylic acids is 1. The van der Waals surface area contributed by atoms with Crippen LogP contribution >= 0.6 is 7.82 Å². The Bertz CT molecular complexity index is 837. The maximum atomic E-state index is 12.7. The highest BCUT2D eigenvalue weighted by molar-refractivity contribution is 7.47. The zero-order valence-electron chi connectivity index (χ0n) is 36.7. The summed E-state index contributed by atoms with van der Waals surface area (Å²) in [5.41, 5.74) is 0. The van der Waals surface area contributed by atoms with Crippen LogP contribution in [0.15, 0.2) is 0 Å². The molecule has 0 aromatic rings. The molecule has 0 heterocycles. The maximum absolute atomic E-state index is 12.7. The van der Waals surface area contributed by atoms with E-state index in [-0.39, 0.29) is 25.8 Å². The minimum atomic E-state index is -4.26. The Balaban J connectivity index is 4.10. The summed E-state index contributed by atoms with van der Waals surface area (Å²) in [5, 5.41) is 0. The minimum Gasteiger partial charge on any atom is -0.457 e. The van der Waals surface area contributed by atoms with Crippen molar-refractivity contribution >= 4 is 13.8 Å². The highest BCUT2D eigenvalue weighted by Crippen LogP contribution is 2.43. The van der Waals surface area contributed by atoms with E-state index in [4.69, 9.17) is 18.5 Å². The van der Waals surface area contributed by atoms with Gasteiger partial charge in [0.1, 0.15) is 19.3 Å². The van der Waals surface area contributed by atoms with Crippen LogP contribution in [-0.2, 0) is 27.9 Å². The van der Waals surface area contributed by atoms with Crippen LogP contribution < -0.4 is 0 Å². The van der Waals surface area contributed by atoms with Gasteiger partial charge in [-0.3, -0.25) is 13.8 Å². The highest BCUT2D eigenvalue weighted by atomic mass is 31.2. The molecule has 0 aliphatic carbocycles. The zero-order valence-corrected chi connectivity index (χ0v) is 37.6. The Morgan fingerprint density at radius 1 is 0.500 bits per heavy atom. The van der Waals surface area contributed by atoms with Crippen molar-refractivity contribution in [2.24, 2.45) is 0 Å². The predicted octanol–water partition coefficient (Wildman–Crippen LogP) is 13.7. The van der Waals surface area contributed by atoms with E-state index in [1.807, 2.05) is 21.1 Å². The van der Waals surface area contributed by atoms with E-state index in [2.05, 4.69) is 13.8 Å². The Morgan fingerprint density at radius 2 is 0.852 bits per heavy atom. The molecule has 54 heavy (non-hydrogen) atoms. The summed E-state index contributed by atoms with van der Waals surface area (Å²) in [7, 11) is 1.69. The second-order valence-corrected chi connectivity index (χ2v) is 18.6. The van der Waals surface area contributed by atoms with Gasteiger partial charge in [0.15, 0.2) is 0 Å². The van der Waals surface area contributed by atoms with Gasteiger partial charge in [-0.05, 0) is 12.8 Å². The van der Waals surface area contributed by atoms with Crippen molar-refractivity contribution in [3.8, 4) is 0 Å². The number of hydrogen-bond donors (Lipinski definition) is 1. The molecule has 8 nitrogen and oxygen atoms in total. The van der Waals surface area contributed by atoms with E-state index in [1.54, 1.807) is 0 Å². The maximum Gasteiger partial charge on any atom is 0.472 e. The molecule has 0 amide bonds. The third kappa shape index (κ3) is 42.6. The SMILES string of the molecule is CCCCCCCCCCCCCCCCCCCCCCC(=O)O[C@H](COCCCCCCCCCCCCCC)COP(=O)(O)OCC[N+](C)(C)C. The van der Waals surface area contributed by atoms with Crippen LogP contribution in [-0.4, -0.2) is 75.6 Å². The molecule has 1 unspecified atom stereocenters.